The molecule has 8 heteroatoms. The van der Waals surface area contributed by atoms with E-state index >= 15 is 0 Å². The minimum atomic E-state index is -4.45. The molecule has 1 amide bonds. The van der Waals surface area contributed by atoms with Crippen LogP contribution in [0.15, 0.2) is 6.07 Å². The predicted octanol–water partition coefficient (Wildman–Crippen LogP) is 2.56. The van der Waals surface area contributed by atoms with Crippen LogP contribution in [0.3, 0.4) is 0 Å². The van der Waals surface area contributed by atoms with E-state index in [9.17, 15) is 18.0 Å². The van der Waals surface area contributed by atoms with Gasteiger partial charge in [0.15, 0.2) is 5.69 Å². The Morgan fingerprint density at radius 2 is 2.17 bits per heavy atom. The number of piperidine rings is 1. The fourth-order valence-corrected chi connectivity index (χ4v) is 2.84. The molecule has 1 aromatic rings. The standard InChI is InChI=1S/C15H20F3N3O2/c16-15(17,18)13-6-12(19-20-13)11-2-1-5-21(7-11)14(22)9-23-8-10-3-4-10/h6,10-11H,1-5,7-9H2,(H,19,20)/t11-/m1/s1. The van der Waals surface area contributed by atoms with E-state index in [4.69, 9.17) is 4.74 Å². The van der Waals surface area contributed by atoms with Crippen LogP contribution in [0.1, 0.15) is 43.0 Å². The summed E-state index contributed by atoms with van der Waals surface area (Å²) in [6, 6.07) is 1.04. The number of amides is 1. The van der Waals surface area contributed by atoms with E-state index in [0.29, 0.717) is 31.3 Å². The first-order valence-electron chi connectivity index (χ1n) is 7.91. The van der Waals surface area contributed by atoms with E-state index in [1.165, 1.54) is 12.8 Å². The van der Waals surface area contributed by atoms with Crippen molar-refractivity contribution in [3.05, 3.63) is 17.5 Å². The van der Waals surface area contributed by atoms with Gasteiger partial charge in [-0.25, -0.2) is 0 Å². The lowest BCUT2D eigenvalue weighted by molar-refractivity contribution is -0.141. The molecule has 1 saturated heterocycles. The second kappa shape index (κ2) is 6.51. The molecule has 1 aliphatic heterocycles. The molecule has 0 aromatic carbocycles. The zero-order valence-corrected chi connectivity index (χ0v) is 12.7. The van der Waals surface area contributed by atoms with Crippen molar-refractivity contribution in [1.29, 1.82) is 0 Å². The maximum absolute atomic E-state index is 12.6. The van der Waals surface area contributed by atoms with Gasteiger partial charge in [-0.1, -0.05) is 0 Å². The molecule has 0 bridgehead atoms. The van der Waals surface area contributed by atoms with Crippen molar-refractivity contribution in [2.45, 2.75) is 37.8 Å². The highest BCUT2D eigenvalue weighted by Gasteiger charge is 2.35. The van der Waals surface area contributed by atoms with Gasteiger partial charge in [0.1, 0.15) is 6.61 Å². The maximum atomic E-state index is 12.6. The smallest absolute Gasteiger partial charge is 0.371 e. The van der Waals surface area contributed by atoms with Gasteiger partial charge < -0.3 is 9.64 Å². The van der Waals surface area contributed by atoms with Crippen LogP contribution >= 0.6 is 0 Å². The fourth-order valence-electron chi connectivity index (χ4n) is 2.84. The van der Waals surface area contributed by atoms with Gasteiger partial charge in [-0.3, -0.25) is 9.89 Å². The lowest BCUT2D eigenvalue weighted by Gasteiger charge is -2.32. The van der Waals surface area contributed by atoms with Gasteiger partial charge in [-0.05, 0) is 37.7 Å². The van der Waals surface area contributed by atoms with E-state index in [1.54, 1.807) is 4.90 Å². The third-order valence-electron chi connectivity index (χ3n) is 4.38. The first-order chi connectivity index (χ1) is 10.9. The number of nitrogens with zero attached hydrogens (tertiary/aromatic N) is 2. The van der Waals surface area contributed by atoms with Crippen LogP contribution in [0.4, 0.5) is 13.2 Å². The van der Waals surface area contributed by atoms with Gasteiger partial charge in [0.05, 0.1) is 6.61 Å². The molecular weight excluding hydrogens is 311 g/mol. The second-order valence-electron chi connectivity index (χ2n) is 6.34. The van der Waals surface area contributed by atoms with E-state index < -0.39 is 11.9 Å². The van der Waals surface area contributed by atoms with Crippen LogP contribution in [0.5, 0.6) is 0 Å². The molecule has 1 aromatic heterocycles. The van der Waals surface area contributed by atoms with Crippen molar-refractivity contribution in [2.24, 2.45) is 5.92 Å². The number of nitrogens with one attached hydrogen (secondary N) is 1. The van der Waals surface area contributed by atoms with Crippen molar-refractivity contribution in [3.8, 4) is 0 Å². The summed E-state index contributed by atoms with van der Waals surface area (Å²) in [6.45, 7) is 1.71. The quantitative estimate of drug-likeness (QED) is 0.902. The Bertz CT molecular complexity index is 554. The predicted molar refractivity (Wildman–Crippen MR) is 75.7 cm³/mol. The second-order valence-corrected chi connectivity index (χ2v) is 6.34. The minimum Gasteiger partial charge on any atom is -0.371 e. The minimum absolute atomic E-state index is 0.0556. The van der Waals surface area contributed by atoms with Crippen molar-refractivity contribution in [1.82, 2.24) is 15.1 Å². The van der Waals surface area contributed by atoms with Crippen molar-refractivity contribution in [3.63, 3.8) is 0 Å². The molecule has 2 fully saturated rings. The Morgan fingerprint density at radius 3 is 2.83 bits per heavy atom. The Kier molecular flexibility index (Phi) is 4.61. The number of aromatic amines is 1. The van der Waals surface area contributed by atoms with Gasteiger partial charge in [0, 0.05) is 24.7 Å². The number of hydrogen-bond donors (Lipinski definition) is 1. The van der Waals surface area contributed by atoms with Crippen LogP contribution < -0.4 is 0 Å². The highest BCUT2D eigenvalue weighted by Crippen LogP contribution is 2.32. The zero-order valence-electron chi connectivity index (χ0n) is 12.7. The SMILES string of the molecule is O=C(COCC1CC1)N1CCC[C@@H](c2cc(C(F)(F)F)n[nH]2)C1. The number of rotatable bonds is 5. The molecule has 1 aliphatic carbocycles. The van der Waals surface area contributed by atoms with Crippen LogP contribution in [0, 0.1) is 5.92 Å². The first kappa shape index (κ1) is 16.3. The largest absolute Gasteiger partial charge is 0.435 e. The molecule has 2 heterocycles. The Morgan fingerprint density at radius 1 is 1.39 bits per heavy atom. The highest BCUT2D eigenvalue weighted by molar-refractivity contribution is 5.77. The average Bonchev–Trinajstić information content (AvgIpc) is 3.18. The summed E-state index contributed by atoms with van der Waals surface area (Å²) in [7, 11) is 0. The summed E-state index contributed by atoms with van der Waals surface area (Å²) in [5.74, 6) is 0.369. The third kappa shape index (κ3) is 4.25. The Labute approximate surface area is 132 Å². The first-order valence-corrected chi connectivity index (χ1v) is 7.91. The van der Waals surface area contributed by atoms with Gasteiger partial charge in [0.2, 0.25) is 5.91 Å². The number of H-pyrrole nitrogens is 1. The summed E-state index contributed by atoms with van der Waals surface area (Å²) in [5.41, 5.74) is -0.475. The van der Waals surface area contributed by atoms with Crippen LogP contribution in [0.2, 0.25) is 0 Å². The summed E-state index contributed by atoms with van der Waals surface area (Å²) in [4.78, 5) is 13.8. The number of aromatic nitrogens is 2. The molecule has 5 nitrogen and oxygen atoms in total. The third-order valence-corrected chi connectivity index (χ3v) is 4.38. The molecule has 0 spiro atoms. The number of hydrogen-bond acceptors (Lipinski definition) is 3. The molecule has 1 atom stereocenters. The van der Waals surface area contributed by atoms with Gasteiger partial charge in [-0.15, -0.1) is 0 Å². The topological polar surface area (TPSA) is 58.2 Å². The highest BCUT2D eigenvalue weighted by atomic mass is 19.4. The number of halogens is 3. The molecule has 1 saturated carbocycles. The maximum Gasteiger partial charge on any atom is 0.435 e. The summed E-state index contributed by atoms with van der Waals surface area (Å²) in [6.07, 6.45) is -0.607. The lowest BCUT2D eigenvalue weighted by atomic mass is 9.94. The Hall–Kier alpha value is -1.57. The van der Waals surface area contributed by atoms with Gasteiger partial charge in [-0.2, -0.15) is 18.3 Å². The van der Waals surface area contributed by atoms with Crippen molar-refractivity contribution in [2.75, 3.05) is 26.3 Å². The number of carbonyl (C=O) groups is 1. The van der Waals surface area contributed by atoms with E-state index in [2.05, 4.69) is 10.2 Å². The van der Waals surface area contributed by atoms with Crippen LogP contribution in [-0.4, -0.2) is 47.3 Å². The zero-order chi connectivity index (χ0) is 16.4. The monoisotopic (exact) mass is 331 g/mol. The van der Waals surface area contributed by atoms with E-state index in [1.807, 2.05) is 0 Å². The molecule has 128 valence electrons. The molecule has 2 aliphatic rings. The number of alkyl halides is 3. The summed E-state index contributed by atoms with van der Waals surface area (Å²) >= 11 is 0. The Balaban J connectivity index is 1.54. The summed E-state index contributed by atoms with van der Waals surface area (Å²) < 4.78 is 43.3. The molecular formula is C15H20F3N3O2. The molecule has 0 unspecified atom stereocenters. The molecule has 3 rings (SSSR count). The molecule has 1 N–H and O–H groups in total. The van der Waals surface area contributed by atoms with Gasteiger partial charge in [0.25, 0.3) is 0 Å². The van der Waals surface area contributed by atoms with Crippen molar-refractivity contribution < 1.29 is 22.7 Å². The van der Waals surface area contributed by atoms with Crippen molar-refractivity contribution >= 4 is 5.91 Å². The van der Waals surface area contributed by atoms with Crippen LogP contribution in [-0.2, 0) is 15.7 Å². The molecule has 0 radical (unpaired) electrons. The van der Waals surface area contributed by atoms with E-state index in [0.717, 1.165) is 18.9 Å². The fraction of sp³-hybridized carbons (Fsp3) is 0.733. The molecule has 23 heavy (non-hydrogen) atoms. The number of carbonyl (C=O) groups excluding carboxylic acids is 1. The lowest BCUT2D eigenvalue weighted by Crippen LogP contribution is -2.41. The normalized spacial score (nSPS) is 22.4. The van der Waals surface area contributed by atoms with E-state index in [-0.39, 0.29) is 18.4 Å². The van der Waals surface area contributed by atoms with Gasteiger partial charge >= 0.3 is 6.18 Å². The summed E-state index contributed by atoms with van der Waals surface area (Å²) in [5, 5.41) is 5.80. The number of ether oxygens (including phenoxy) is 1. The number of likely N-dealkylation sites (tertiary alicyclic amines) is 1. The van der Waals surface area contributed by atoms with Crippen LogP contribution in [0.25, 0.3) is 0 Å². The average molecular weight is 331 g/mol.